The summed E-state index contributed by atoms with van der Waals surface area (Å²) in [5.41, 5.74) is 3.55. The predicted molar refractivity (Wildman–Crippen MR) is 186 cm³/mol. The molecule has 0 spiro atoms. The lowest BCUT2D eigenvalue weighted by atomic mass is 10.1. The van der Waals surface area contributed by atoms with E-state index < -0.39 is 0 Å². The summed E-state index contributed by atoms with van der Waals surface area (Å²) in [4.78, 5) is 18.3. The first-order valence-electron chi connectivity index (χ1n) is 15.6. The third-order valence-electron chi connectivity index (χ3n) is 6.90. The zero-order valence-electron chi connectivity index (χ0n) is 26.5. The molecule has 0 amide bonds. The third-order valence-corrected chi connectivity index (χ3v) is 6.90. The second-order valence-electron chi connectivity index (χ2n) is 10.4. The molecule has 2 aromatic heterocycles. The van der Waals surface area contributed by atoms with Gasteiger partial charge in [0.25, 0.3) is 0 Å². The average Bonchev–Trinajstić information content (AvgIpc) is 3.12. The molecule has 4 rings (SSSR count). The maximum absolute atomic E-state index is 5.96. The van der Waals surface area contributed by atoms with Crippen LogP contribution in [0.4, 0.5) is 0 Å². The number of pyridine rings is 2. The summed E-state index contributed by atoms with van der Waals surface area (Å²) < 4.78 is 22.9. The van der Waals surface area contributed by atoms with Crippen molar-refractivity contribution in [2.45, 2.75) is 31.3 Å². The van der Waals surface area contributed by atoms with Crippen LogP contribution < -0.4 is 9.47 Å². The fourth-order valence-electron chi connectivity index (χ4n) is 4.50. The van der Waals surface area contributed by atoms with Gasteiger partial charge in [-0.1, -0.05) is 72.5 Å². The van der Waals surface area contributed by atoms with Crippen LogP contribution in [0.1, 0.15) is 53.9 Å². The van der Waals surface area contributed by atoms with Gasteiger partial charge >= 0.3 is 0 Å². The zero-order chi connectivity index (χ0) is 32.8. The highest BCUT2D eigenvalue weighted by Gasteiger charge is 2.10. The first-order chi connectivity index (χ1) is 23.2. The van der Waals surface area contributed by atoms with E-state index in [9.17, 15) is 0 Å². The van der Waals surface area contributed by atoms with Gasteiger partial charge in [0.15, 0.2) is 0 Å². The normalized spacial score (nSPS) is 12.4. The lowest BCUT2D eigenvalue weighted by Gasteiger charge is -2.12. The van der Waals surface area contributed by atoms with Crippen LogP contribution in [0.3, 0.4) is 0 Å². The minimum atomic E-state index is -0.177. The number of hydrogen-bond donors (Lipinski definition) is 0. The van der Waals surface area contributed by atoms with Crippen molar-refractivity contribution in [3.63, 3.8) is 0 Å². The van der Waals surface area contributed by atoms with Crippen LogP contribution in [-0.4, -0.2) is 62.0 Å². The zero-order valence-corrected chi connectivity index (χ0v) is 26.5. The quantitative estimate of drug-likeness (QED) is 0.0613. The molecule has 47 heavy (non-hydrogen) atoms. The lowest BCUT2D eigenvalue weighted by Crippen LogP contribution is -2.07. The van der Waals surface area contributed by atoms with E-state index in [4.69, 9.17) is 36.8 Å². The highest BCUT2D eigenvalue weighted by Crippen LogP contribution is 2.20. The van der Waals surface area contributed by atoms with Gasteiger partial charge in [-0.15, -0.1) is 12.8 Å². The summed E-state index contributed by atoms with van der Waals surface area (Å²) in [6, 6.07) is 27.1. The molecule has 0 aliphatic carbocycles. The summed E-state index contributed by atoms with van der Waals surface area (Å²) in [6.07, 6.45) is 20.3. The molecule has 4 aromatic rings. The molecule has 0 radical (unpaired) electrons. The molecule has 8 nitrogen and oxygen atoms in total. The molecule has 0 N–H and O–H groups in total. The highest BCUT2D eigenvalue weighted by molar-refractivity contribution is 5.78. The number of rotatable bonds is 20. The van der Waals surface area contributed by atoms with Gasteiger partial charge in [0.1, 0.15) is 24.7 Å². The summed E-state index contributed by atoms with van der Waals surface area (Å²) >= 11 is 0. The minimum Gasteiger partial charge on any atom is -0.493 e. The first kappa shape index (κ1) is 34.6. The number of aliphatic imine (C=N–C) groups is 2. The molecule has 2 atom stereocenters. The Morgan fingerprint density at radius 2 is 1.21 bits per heavy atom. The van der Waals surface area contributed by atoms with Crippen molar-refractivity contribution >= 4 is 12.4 Å². The minimum absolute atomic E-state index is 0.163. The van der Waals surface area contributed by atoms with Gasteiger partial charge in [0.2, 0.25) is 0 Å². The van der Waals surface area contributed by atoms with E-state index in [1.165, 1.54) is 0 Å². The largest absolute Gasteiger partial charge is 0.493 e. The van der Waals surface area contributed by atoms with E-state index in [0.717, 1.165) is 47.6 Å². The molecule has 0 saturated heterocycles. The number of terminal acetylenes is 2. The summed E-state index contributed by atoms with van der Waals surface area (Å²) in [5, 5.41) is 0. The van der Waals surface area contributed by atoms with Crippen LogP contribution in [0.5, 0.6) is 11.5 Å². The average molecular weight is 629 g/mol. The predicted octanol–water partition coefficient (Wildman–Crippen LogP) is 6.72. The van der Waals surface area contributed by atoms with Crippen LogP contribution in [0.15, 0.2) is 107 Å². The van der Waals surface area contributed by atoms with Crippen molar-refractivity contribution in [1.82, 2.24) is 9.97 Å². The van der Waals surface area contributed by atoms with E-state index in [2.05, 4.69) is 26.8 Å². The molecule has 2 aromatic carbocycles. The fourth-order valence-corrected chi connectivity index (χ4v) is 4.50. The fraction of sp³-hybridized carbons (Fsp3) is 0.282. The number of benzene rings is 2. The lowest BCUT2D eigenvalue weighted by molar-refractivity contribution is 0.152. The van der Waals surface area contributed by atoms with E-state index >= 15 is 0 Å². The first-order valence-corrected chi connectivity index (χ1v) is 15.6. The summed E-state index contributed by atoms with van der Waals surface area (Å²) in [7, 11) is 0. The summed E-state index contributed by atoms with van der Waals surface area (Å²) in [5.74, 6) is 6.46. The second kappa shape index (κ2) is 20.7. The van der Waals surface area contributed by atoms with Crippen LogP contribution in [-0.2, 0) is 9.47 Å². The molecular weight excluding hydrogens is 588 g/mol. The van der Waals surface area contributed by atoms with Gasteiger partial charge in [0.05, 0.1) is 56.1 Å². The Morgan fingerprint density at radius 3 is 1.77 bits per heavy atom. The Labute approximate surface area is 277 Å². The van der Waals surface area contributed by atoms with Gasteiger partial charge in [0, 0.05) is 24.7 Å². The van der Waals surface area contributed by atoms with Crippen molar-refractivity contribution in [3.05, 3.63) is 120 Å². The van der Waals surface area contributed by atoms with Gasteiger partial charge in [-0.3, -0.25) is 20.0 Å². The van der Waals surface area contributed by atoms with Crippen molar-refractivity contribution in [2.24, 2.45) is 9.98 Å². The second-order valence-corrected chi connectivity index (χ2v) is 10.4. The Morgan fingerprint density at radius 1 is 0.638 bits per heavy atom. The van der Waals surface area contributed by atoms with Crippen LogP contribution >= 0.6 is 0 Å². The number of aromatic nitrogens is 2. The smallest absolute Gasteiger partial charge is 0.137 e. The van der Waals surface area contributed by atoms with Gasteiger partial charge in [-0.2, -0.15) is 0 Å². The molecule has 240 valence electrons. The topological polar surface area (TPSA) is 87.4 Å². The molecule has 0 bridgehead atoms. The number of ether oxygens (including phenoxy) is 4. The maximum Gasteiger partial charge on any atom is 0.137 e. The Hall–Kier alpha value is -5.28. The van der Waals surface area contributed by atoms with E-state index in [-0.39, 0.29) is 25.3 Å². The number of unbranched alkanes of at least 4 members (excludes halogenated alkanes) is 2. The van der Waals surface area contributed by atoms with E-state index in [1.807, 2.05) is 84.9 Å². The monoisotopic (exact) mass is 628 g/mol. The number of hydrogen-bond acceptors (Lipinski definition) is 8. The molecular formula is C39H40N4O4. The van der Waals surface area contributed by atoms with Gasteiger partial charge in [-0.25, -0.2) is 0 Å². The molecule has 0 aliphatic rings. The number of nitrogens with zero attached hydrogens (tertiary/aromatic N) is 4. The van der Waals surface area contributed by atoms with E-state index in [1.54, 1.807) is 24.8 Å². The Balaban J connectivity index is 1.15. The Bertz CT molecular complexity index is 1600. The standard InChI is InChI=1S/C39H40N4O4/c1-3-22-44-30-38(32-14-8-5-9-15-32)42-27-34-18-19-37(29-41-34)47-25-13-7-12-24-46-36-20-21-40-35(26-36)28-43-39(31-45-23-4-2)33-16-10-6-11-17-33/h1-2,5-6,8-11,14-21,26-29,38-39H,7,12-13,22-25,30-31H2/t38-,39-/m0/s1. The molecule has 0 fully saturated rings. The molecule has 0 saturated carbocycles. The van der Waals surface area contributed by atoms with Crippen molar-refractivity contribution in [3.8, 4) is 36.2 Å². The van der Waals surface area contributed by atoms with Gasteiger partial charge in [-0.05, 0) is 48.6 Å². The molecule has 2 heterocycles. The Kier molecular flexibility index (Phi) is 15.2. The van der Waals surface area contributed by atoms with Crippen molar-refractivity contribution in [1.29, 1.82) is 0 Å². The highest BCUT2D eigenvalue weighted by atomic mass is 16.5. The molecule has 0 aliphatic heterocycles. The van der Waals surface area contributed by atoms with Crippen LogP contribution in [0.25, 0.3) is 0 Å². The van der Waals surface area contributed by atoms with Gasteiger partial charge < -0.3 is 18.9 Å². The molecule has 0 unspecified atom stereocenters. The van der Waals surface area contributed by atoms with Crippen LogP contribution in [0, 0.1) is 24.7 Å². The maximum atomic E-state index is 5.96. The van der Waals surface area contributed by atoms with Crippen LogP contribution in [0.2, 0.25) is 0 Å². The SMILES string of the molecule is C#CCOC[C@H](N=Cc1ccc(OCCCCCOc2ccnc(C=N[C@@H](COCC#C)c3ccccc3)c2)cn1)c1ccccc1. The van der Waals surface area contributed by atoms with E-state index in [0.29, 0.717) is 32.1 Å². The van der Waals surface area contributed by atoms with Crippen molar-refractivity contribution < 1.29 is 18.9 Å². The van der Waals surface area contributed by atoms with Crippen molar-refractivity contribution in [2.75, 3.05) is 39.6 Å². The summed E-state index contributed by atoms with van der Waals surface area (Å²) in [6.45, 7) is 2.48. The molecule has 8 heteroatoms. The third kappa shape index (κ3) is 12.9.